The minimum Gasteiger partial charge on any atom is -0.478 e. The topological polar surface area (TPSA) is 75.6 Å². The van der Waals surface area contributed by atoms with Crippen LogP contribution in [-0.4, -0.2) is 35.2 Å². The Bertz CT molecular complexity index is 574. The van der Waals surface area contributed by atoms with E-state index in [0.717, 1.165) is 19.3 Å². The largest absolute Gasteiger partial charge is 0.478 e. The highest BCUT2D eigenvalue weighted by Crippen LogP contribution is 2.34. The fourth-order valence-corrected chi connectivity index (χ4v) is 3.38. The molecule has 0 aromatic heterocycles. The minimum absolute atomic E-state index is 0.0357. The zero-order valence-electron chi connectivity index (χ0n) is 10.6. The number of fused-ring (bicyclic) bond motifs is 2. The number of amides is 1. The number of hydrogen-bond donors (Lipinski definition) is 2. The van der Waals surface area contributed by atoms with Crippen molar-refractivity contribution in [1.29, 1.82) is 0 Å². The molecule has 0 aliphatic carbocycles. The van der Waals surface area contributed by atoms with Crippen LogP contribution in [0.25, 0.3) is 0 Å². The molecular formula is C14H14BrNO4. The quantitative estimate of drug-likeness (QED) is 0.885. The molecule has 2 aliphatic rings. The molecule has 3 unspecified atom stereocenters. The molecule has 5 nitrogen and oxygen atoms in total. The van der Waals surface area contributed by atoms with Gasteiger partial charge in [0.25, 0.3) is 5.91 Å². The molecule has 2 aliphatic heterocycles. The van der Waals surface area contributed by atoms with Crippen LogP contribution in [0.5, 0.6) is 0 Å². The number of halogens is 1. The molecule has 3 rings (SSSR count). The molecule has 1 amide bonds. The number of nitrogens with one attached hydrogen (secondary N) is 1. The summed E-state index contributed by atoms with van der Waals surface area (Å²) in [6.07, 6.45) is 3.26. The predicted molar refractivity (Wildman–Crippen MR) is 74.9 cm³/mol. The molecule has 2 bridgehead atoms. The summed E-state index contributed by atoms with van der Waals surface area (Å²) in [5, 5.41) is 12.0. The number of carboxylic acid groups (broad SMARTS) is 1. The third-order valence-corrected chi connectivity index (χ3v) is 4.29. The first-order chi connectivity index (χ1) is 9.52. The molecule has 0 saturated carbocycles. The van der Waals surface area contributed by atoms with Gasteiger partial charge >= 0.3 is 5.97 Å². The van der Waals surface area contributed by atoms with Gasteiger partial charge in [0.2, 0.25) is 0 Å². The van der Waals surface area contributed by atoms with Crippen molar-refractivity contribution in [2.75, 3.05) is 0 Å². The Morgan fingerprint density at radius 1 is 1.25 bits per heavy atom. The molecule has 0 spiro atoms. The van der Waals surface area contributed by atoms with Crippen LogP contribution in [0.1, 0.15) is 40.0 Å². The maximum Gasteiger partial charge on any atom is 0.335 e. The normalized spacial score (nSPS) is 27.6. The maximum absolute atomic E-state index is 12.2. The molecular weight excluding hydrogens is 326 g/mol. The van der Waals surface area contributed by atoms with Gasteiger partial charge in [0.05, 0.1) is 23.8 Å². The lowest BCUT2D eigenvalue weighted by Crippen LogP contribution is -2.41. The van der Waals surface area contributed by atoms with E-state index >= 15 is 0 Å². The zero-order chi connectivity index (χ0) is 14.3. The van der Waals surface area contributed by atoms with Crippen molar-refractivity contribution in [2.24, 2.45) is 0 Å². The van der Waals surface area contributed by atoms with Crippen LogP contribution in [0.2, 0.25) is 0 Å². The van der Waals surface area contributed by atoms with Crippen molar-refractivity contribution in [3.63, 3.8) is 0 Å². The summed E-state index contributed by atoms with van der Waals surface area (Å²) >= 11 is 3.23. The molecule has 0 radical (unpaired) electrons. The Morgan fingerprint density at radius 2 is 2.00 bits per heavy atom. The van der Waals surface area contributed by atoms with E-state index in [1.54, 1.807) is 6.07 Å². The smallest absolute Gasteiger partial charge is 0.335 e. The lowest BCUT2D eigenvalue weighted by molar-refractivity contribution is 0.0696. The molecule has 106 valence electrons. The first-order valence-corrected chi connectivity index (χ1v) is 7.32. The number of hydrogen-bond acceptors (Lipinski definition) is 3. The van der Waals surface area contributed by atoms with E-state index < -0.39 is 5.97 Å². The average Bonchev–Trinajstić information content (AvgIpc) is 3.00. The van der Waals surface area contributed by atoms with Crippen molar-refractivity contribution in [1.82, 2.24) is 5.32 Å². The highest BCUT2D eigenvalue weighted by Gasteiger charge is 2.41. The third-order valence-electron chi connectivity index (χ3n) is 3.83. The van der Waals surface area contributed by atoms with Gasteiger partial charge in [-0.05, 0) is 37.5 Å². The van der Waals surface area contributed by atoms with Gasteiger partial charge in [0.15, 0.2) is 0 Å². The zero-order valence-corrected chi connectivity index (χ0v) is 12.2. The van der Waals surface area contributed by atoms with Crippen LogP contribution in [0.15, 0.2) is 22.7 Å². The van der Waals surface area contributed by atoms with Gasteiger partial charge < -0.3 is 15.2 Å². The summed E-state index contributed by atoms with van der Waals surface area (Å²) < 4.78 is 6.26. The van der Waals surface area contributed by atoms with Crippen LogP contribution in [0.4, 0.5) is 0 Å². The van der Waals surface area contributed by atoms with E-state index in [4.69, 9.17) is 9.84 Å². The van der Waals surface area contributed by atoms with Crippen molar-refractivity contribution in [3.05, 3.63) is 33.8 Å². The van der Waals surface area contributed by atoms with Crippen LogP contribution < -0.4 is 5.32 Å². The summed E-state index contributed by atoms with van der Waals surface area (Å²) in [5.41, 5.74) is 0.438. The van der Waals surface area contributed by atoms with E-state index in [1.165, 1.54) is 12.1 Å². The molecule has 6 heteroatoms. The van der Waals surface area contributed by atoms with E-state index in [-0.39, 0.29) is 29.7 Å². The van der Waals surface area contributed by atoms with Gasteiger partial charge in [-0.2, -0.15) is 0 Å². The Balaban J connectivity index is 1.75. The van der Waals surface area contributed by atoms with Crippen molar-refractivity contribution < 1.29 is 19.4 Å². The first kappa shape index (κ1) is 13.6. The van der Waals surface area contributed by atoms with E-state index in [1.807, 2.05) is 0 Å². The summed E-state index contributed by atoms with van der Waals surface area (Å²) in [4.78, 5) is 23.2. The second-order valence-electron chi connectivity index (χ2n) is 5.22. The van der Waals surface area contributed by atoms with Gasteiger partial charge in [-0.25, -0.2) is 4.79 Å². The van der Waals surface area contributed by atoms with Gasteiger partial charge in [-0.1, -0.05) is 15.9 Å². The average molecular weight is 340 g/mol. The van der Waals surface area contributed by atoms with E-state index in [2.05, 4.69) is 21.2 Å². The number of aromatic carboxylic acids is 1. The standard InChI is InChI=1S/C14H14BrNO4/c15-9-4-7(3-8(5-9)14(18)19)13(17)16-11-6-10-1-2-12(11)20-10/h3-5,10-12H,1-2,6H2,(H,16,17)(H,18,19). The van der Waals surface area contributed by atoms with Gasteiger partial charge in [0, 0.05) is 10.0 Å². The summed E-state index contributed by atoms with van der Waals surface area (Å²) in [6, 6.07) is 4.51. The lowest BCUT2D eigenvalue weighted by Gasteiger charge is -2.20. The minimum atomic E-state index is -1.05. The molecule has 2 saturated heterocycles. The monoisotopic (exact) mass is 339 g/mol. The number of carboxylic acids is 1. The summed E-state index contributed by atoms with van der Waals surface area (Å²) in [5.74, 6) is -1.31. The van der Waals surface area contributed by atoms with Gasteiger partial charge in [0.1, 0.15) is 0 Å². The van der Waals surface area contributed by atoms with Crippen molar-refractivity contribution in [2.45, 2.75) is 37.5 Å². The molecule has 1 aromatic rings. The second-order valence-corrected chi connectivity index (χ2v) is 6.14. The molecule has 2 fully saturated rings. The van der Waals surface area contributed by atoms with E-state index in [0.29, 0.717) is 10.0 Å². The van der Waals surface area contributed by atoms with Crippen LogP contribution in [0, 0.1) is 0 Å². The van der Waals surface area contributed by atoms with Crippen LogP contribution in [-0.2, 0) is 4.74 Å². The van der Waals surface area contributed by atoms with Gasteiger partial charge in [-0.3, -0.25) is 4.79 Å². The van der Waals surface area contributed by atoms with Crippen molar-refractivity contribution in [3.8, 4) is 0 Å². The lowest BCUT2D eigenvalue weighted by atomic mass is 9.95. The van der Waals surface area contributed by atoms with E-state index in [9.17, 15) is 9.59 Å². The maximum atomic E-state index is 12.2. The van der Waals surface area contributed by atoms with Crippen LogP contribution >= 0.6 is 15.9 Å². The Labute approximate surface area is 124 Å². The summed E-state index contributed by atoms with van der Waals surface area (Å²) in [6.45, 7) is 0. The van der Waals surface area contributed by atoms with Crippen LogP contribution in [0.3, 0.4) is 0 Å². The fraction of sp³-hybridized carbons (Fsp3) is 0.429. The Kier molecular flexibility index (Phi) is 3.52. The number of ether oxygens (including phenoxy) is 1. The SMILES string of the molecule is O=C(O)c1cc(Br)cc(C(=O)NC2CC3CCC2O3)c1. The fourth-order valence-electron chi connectivity index (χ4n) is 2.89. The highest BCUT2D eigenvalue weighted by molar-refractivity contribution is 9.10. The van der Waals surface area contributed by atoms with Gasteiger partial charge in [-0.15, -0.1) is 0 Å². The van der Waals surface area contributed by atoms with Crippen molar-refractivity contribution >= 4 is 27.8 Å². The molecule has 2 N–H and O–H groups in total. The number of benzene rings is 1. The number of carbonyl (C=O) groups is 2. The second kappa shape index (κ2) is 5.18. The number of carbonyl (C=O) groups excluding carboxylic acids is 1. The first-order valence-electron chi connectivity index (χ1n) is 6.53. The number of rotatable bonds is 3. The Morgan fingerprint density at radius 3 is 2.60 bits per heavy atom. The summed E-state index contributed by atoms with van der Waals surface area (Å²) in [7, 11) is 0. The predicted octanol–water partition coefficient (Wildman–Crippen LogP) is 2.20. The third kappa shape index (κ3) is 2.58. The highest BCUT2D eigenvalue weighted by atomic mass is 79.9. The molecule has 1 aromatic carbocycles. The Hall–Kier alpha value is -1.40. The molecule has 20 heavy (non-hydrogen) atoms. The molecule has 3 atom stereocenters. The molecule has 2 heterocycles.